The number of rotatable bonds is 2. The molecule has 0 atom stereocenters. The predicted octanol–water partition coefficient (Wildman–Crippen LogP) is 3.94. The molecule has 0 unspecified atom stereocenters. The molecule has 0 saturated carbocycles. The van der Waals surface area contributed by atoms with Gasteiger partial charge in [-0.2, -0.15) is 0 Å². The molecule has 0 amide bonds. The number of aryl methyl sites for hydroxylation is 2. The minimum Gasteiger partial charge on any atom is -0.399 e. The van der Waals surface area contributed by atoms with Crippen LogP contribution in [0.4, 0.5) is 5.69 Å². The molecule has 0 aliphatic carbocycles. The molecule has 0 saturated heterocycles. The topological polar surface area (TPSA) is 26.0 Å². The Morgan fingerprint density at radius 2 is 1.94 bits per heavy atom. The number of nitrogens with two attached hydrogens (primary N) is 1. The fraction of sp³-hybridized carbons (Fsp3) is 0.200. The van der Waals surface area contributed by atoms with E-state index in [1.807, 2.05) is 12.1 Å². The fourth-order valence-corrected chi connectivity index (χ4v) is 2.20. The third-order valence-corrected chi connectivity index (χ3v) is 2.96. The van der Waals surface area contributed by atoms with E-state index in [1.54, 1.807) is 0 Å². The first kappa shape index (κ1) is 10.7. The number of nitrogen functional groups attached to an aromatic ring is 1. The summed E-state index contributed by atoms with van der Waals surface area (Å²) in [6.07, 6.45) is 2.90. The lowest BCUT2D eigenvalue weighted by Gasteiger charge is -2.10. The average molecular weight is 211 g/mol. The molecule has 0 aliphatic rings. The summed E-state index contributed by atoms with van der Waals surface area (Å²) in [6.45, 7) is 8.14. The Bertz CT molecular complexity index is 553. The van der Waals surface area contributed by atoms with Crippen LogP contribution >= 0.6 is 0 Å². The van der Waals surface area contributed by atoms with Crippen molar-refractivity contribution in [2.45, 2.75) is 20.3 Å². The van der Waals surface area contributed by atoms with E-state index in [0.29, 0.717) is 0 Å². The van der Waals surface area contributed by atoms with Gasteiger partial charge in [0, 0.05) is 5.69 Å². The maximum absolute atomic E-state index is 5.93. The van der Waals surface area contributed by atoms with E-state index >= 15 is 0 Å². The predicted molar refractivity (Wildman–Crippen MR) is 72.6 cm³/mol. The lowest BCUT2D eigenvalue weighted by Crippen LogP contribution is -1.92. The van der Waals surface area contributed by atoms with E-state index < -0.39 is 0 Å². The number of hydrogen-bond donors (Lipinski definition) is 1. The summed E-state index contributed by atoms with van der Waals surface area (Å²) in [5, 5.41) is 2.50. The maximum Gasteiger partial charge on any atom is 0.0323 e. The molecule has 1 nitrogen and oxygen atoms in total. The van der Waals surface area contributed by atoms with Gasteiger partial charge in [-0.25, -0.2) is 0 Å². The highest BCUT2D eigenvalue weighted by Gasteiger charge is 2.05. The number of hydrogen-bond acceptors (Lipinski definition) is 1. The molecule has 2 N–H and O–H groups in total. The van der Waals surface area contributed by atoms with Gasteiger partial charge in [-0.1, -0.05) is 31.7 Å². The second kappa shape index (κ2) is 4.01. The molecular weight excluding hydrogens is 194 g/mol. The minimum absolute atomic E-state index is 0.830. The fourth-order valence-electron chi connectivity index (χ4n) is 2.20. The molecule has 0 aliphatic heterocycles. The van der Waals surface area contributed by atoms with Crippen LogP contribution in [0.1, 0.15) is 23.6 Å². The normalized spacial score (nSPS) is 10.6. The van der Waals surface area contributed by atoms with E-state index in [9.17, 15) is 0 Å². The summed E-state index contributed by atoms with van der Waals surface area (Å²) in [6, 6.07) is 8.47. The van der Waals surface area contributed by atoms with Crippen molar-refractivity contribution in [3.63, 3.8) is 0 Å². The summed E-state index contributed by atoms with van der Waals surface area (Å²) < 4.78 is 0. The van der Waals surface area contributed by atoms with Gasteiger partial charge < -0.3 is 5.73 Å². The van der Waals surface area contributed by atoms with Gasteiger partial charge >= 0.3 is 0 Å². The van der Waals surface area contributed by atoms with Crippen LogP contribution in [0.5, 0.6) is 0 Å². The Balaban J connectivity index is 2.92. The van der Waals surface area contributed by atoms with Crippen molar-refractivity contribution in [3.8, 4) is 0 Å². The molecule has 0 radical (unpaired) electrons. The van der Waals surface area contributed by atoms with Gasteiger partial charge in [0.1, 0.15) is 0 Å². The highest BCUT2D eigenvalue weighted by Crippen LogP contribution is 2.28. The molecule has 0 bridgehead atoms. The van der Waals surface area contributed by atoms with Crippen LogP contribution in [0, 0.1) is 6.92 Å². The van der Waals surface area contributed by atoms with E-state index in [-0.39, 0.29) is 0 Å². The van der Waals surface area contributed by atoms with Crippen LogP contribution in [-0.4, -0.2) is 0 Å². The van der Waals surface area contributed by atoms with E-state index in [2.05, 4.69) is 38.6 Å². The van der Waals surface area contributed by atoms with Crippen molar-refractivity contribution in [1.29, 1.82) is 0 Å². The van der Waals surface area contributed by atoms with Crippen molar-refractivity contribution in [2.75, 3.05) is 5.73 Å². The average Bonchev–Trinajstić information content (AvgIpc) is 2.27. The summed E-state index contributed by atoms with van der Waals surface area (Å²) >= 11 is 0. The molecule has 16 heavy (non-hydrogen) atoms. The van der Waals surface area contributed by atoms with Crippen LogP contribution in [0.15, 0.2) is 30.8 Å². The van der Waals surface area contributed by atoms with Crippen LogP contribution in [0.3, 0.4) is 0 Å². The van der Waals surface area contributed by atoms with Gasteiger partial charge in [0.2, 0.25) is 0 Å². The Morgan fingerprint density at radius 1 is 1.19 bits per heavy atom. The van der Waals surface area contributed by atoms with Crippen molar-refractivity contribution in [2.24, 2.45) is 0 Å². The van der Waals surface area contributed by atoms with Gasteiger partial charge in [-0.15, -0.1) is 0 Å². The van der Waals surface area contributed by atoms with Crippen molar-refractivity contribution >= 4 is 22.5 Å². The second-order valence-corrected chi connectivity index (χ2v) is 4.19. The molecule has 0 heterocycles. The molecule has 2 rings (SSSR count). The van der Waals surface area contributed by atoms with Gasteiger partial charge in [-0.05, 0) is 52.9 Å². The molecule has 2 aromatic carbocycles. The zero-order chi connectivity index (χ0) is 11.7. The third kappa shape index (κ3) is 1.69. The van der Waals surface area contributed by atoms with Crippen LogP contribution < -0.4 is 5.73 Å². The first-order valence-corrected chi connectivity index (χ1v) is 5.61. The Morgan fingerprint density at radius 3 is 2.56 bits per heavy atom. The van der Waals surface area contributed by atoms with Crippen molar-refractivity contribution in [1.82, 2.24) is 0 Å². The first-order valence-electron chi connectivity index (χ1n) is 5.61. The minimum atomic E-state index is 0.830. The Kier molecular flexibility index (Phi) is 2.69. The van der Waals surface area contributed by atoms with E-state index in [0.717, 1.165) is 17.7 Å². The summed E-state index contributed by atoms with van der Waals surface area (Å²) in [5.41, 5.74) is 10.5. The van der Waals surface area contributed by atoms with Gasteiger partial charge in [-0.3, -0.25) is 0 Å². The quantitative estimate of drug-likeness (QED) is 0.748. The van der Waals surface area contributed by atoms with Gasteiger partial charge in [0.15, 0.2) is 0 Å². The highest BCUT2D eigenvalue weighted by atomic mass is 14.5. The maximum atomic E-state index is 5.93. The van der Waals surface area contributed by atoms with E-state index in [4.69, 9.17) is 5.73 Å². The first-order chi connectivity index (χ1) is 7.65. The largest absolute Gasteiger partial charge is 0.399 e. The zero-order valence-electron chi connectivity index (χ0n) is 9.88. The van der Waals surface area contributed by atoms with Crippen LogP contribution in [-0.2, 0) is 6.42 Å². The summed E-state index contributed by atoms with van der Waals surface area (Å²) in [5.74, 6) is 0. The number of fused-ring (bicyclic) bond motifs is 1. The van der Waals surface area contributed by atoms with Crippen molar-refractivity contribution < 1.29 is 0 Å². The molecular formula is C15H17N. The highest BCUT2D eigenvalue weighted by molar-refractivity contribution is 5.95. The van der Waals surface area contributed by atoms with Gasteiger partial charge in [0.05, 0.1) is 0 Å². The molecule has 0 fully saturated rings. The van der Waals surface area contributed by atoms with Crippen molar-refractivity contribution in [3.05, 3.63) is 47.5 Å². The number of anilines is 1. The number of benzene rings is 2. The van der Waals surface area contributed by atoms with Crippen LogP contribution in [0.2, 0.25) is 0 Å². The van der Waals surface area contributed by atoms with Gasteiger partial charge in [0.25, 0.3) is 0 Å². The summed E-state index contributed by atoms with van der Waals surface area (Å²) in [7, 11) is 0. The monoisotopic (exact) mass is 211 g/mol. The SMILES string of the molecule is C=Cc1cc(C)cc2c(CC)cc(N)cc12. The molecule has 1 heteroatoms. The lowest BCUT2D eigenvalue weighted by atomic mass is 9.96. The third-order valence-electron chi connectivity index (χ3n) is 2.96. The Labute approximate surface area is 96.6 Å². The Hall–Kier alpha value is -1.76. The molecule has 0 spiro atoms. The standard InChI is InChI=1S/C15H17N/c1-4-11-6-10(3)7-14-12(5-2)8-13(16)9-15(11)14/h4,6-9H,1,5,16H2,2-3H3. The van der Waals surface area contributed by atoms with Crippen LogP contribution in [0.25, 0.3) is 16.8 Å². The van der Waals surface area contributed by atoms with E-state index in [1.165, 1.54) is 21.9 Å². The zero-order valence-corrected chi connectivity index (χ0v) is 9.88. The molecule has 82 valence electrons. The smallest absolute Gasteiger partial charge is 0.0323 e. The molecule has 2 aromatic rings. The molecule has 0 aromatic heterocycles. The summed E-state index contributed by atoms with van der Waals surface area (Å²) in [4.78, 5) is 0. The second-order valence-electron chi connectivity index (χ2n) is 4.19. The lowest BCUT2D eigenvalue weighted by molar-refractivity contribution is 1.16.